The Morgan fingerprint density at radius 1 is 0.950 bits per heavy atom. The lowest BCUT2D eigenvalue weighted by Gasteiger charge is -2.17. The molecule has 2 aromatic rings. The molecule has 0 aliphatic carbocycles. The van der Waals surface area contributed by atoms with Gasteiger partial charge in [0.25, 0.3) is 0 Å². The summed E-state index contributed by atoms with van der Waals surface area (Å²) in [7, 11) is 5.76. The number of hydrogen-bond acceptors (Lipinski definition) is 3. The number of para-hydroxylation sites is 1. The van der Waals surface area contributed by atoms with Crippen molar-refractivity contribution in [2.45, 2.75) is 13.2 Å². The van der Waals surface area contributed by atoms with Crippen LogP contribution < -0.4 is 9.47 Å². The molecule has 2 aromatic carbocycles. The topological polar surface area (TPSA) is 21.7 Å². The van der Waals surface area contributed by atoms with E-state index < -0.39 is 0 Å². The normalized spacial score (nSPS) is 10.6. The predicted octanol–water partition coefficient (Wildman–Crippen LogP) is 3.34. The lowest BCUT2D eigenvalue weighted by Crippen LogP contribution is -2.12. The Morgan fingerprint density at radius 3 is 2.35 bits per heavy atom. The third-order valence-electron chi connectivity index (χ3n) is 2.99. The number of methoxy groups -OCH3 is 1. The Hall–Kier alpha value is -2.00. The van der Waals surface area contributed by atoms with E-state index in [0.29, 0.717) is 6.61 Å². The quantitative estimate of drug-likeness (QED) is 0.804. The van der Waals surface area contributed by atoms with Crippen LogP contribution in [0.5, 0.6) is 11.5 Å². The van der Waals surface area contributed by atoms with E-state index in [1.54, 1.807) is 7.11 Å². The van der Waals surface area contributed by atoms with E-state index in [1.165, 1.54) is 0 Å². The molecule has 0 N–H and O–H groups in total. The average molecular weight is 271 g/mol. The van der Waals surface area contributed by atoms with Gasteiger partial charge in [0.15, 0.2) is 11.5 Å². The second-order valence-corrected chi connectivity index (χ2v) is 4.96. The average Bonchev–Trinajstić information content (AvgIpc) is 2.45. The fourth-order valence-electron chi connectivity index (χ4n) is 2.11. The minimum atomic E-state index is 0.544. The highest BCUT2D eigenvalue weighted by Gasteiger charge is 2.10. The van der Waals surface area contributed by atoms with Gasteiger partial charge in [-0.15, -0.1) is 0 Å². The summed E-state index contributed by atoms with van der Waals surface area (Å²) in [6.07, 6.45) is 0. The molecule has 106 valence electrons. The molecule has 20 heavy (non-hydrogen) atoms. The minimum absolute atomic E-state index is 0.544. The fraction of sp³-hybridized carbons (Fsp3) is 0.294. The molecule has 0 atom stereocenters. The van der Waals surface area contributed by atoms with Gasteiger partial charge in [-0.05, 0) is 25.7 Å². The second kappa shape index (κ2) is 6.96. The Balaban J connectivity index is 2.14. The van der Waals surface area contributed by atoms with Gasteiger partial charge in [-0.3, -0.25) is 0 Å². The third kappa shape index (κ3) is 3.75. The van der Waals surface area contributed by atoms with Crippen molar-refractivity contribution in [2.24, 2.45) is 0 Å². The molecule has 0 radical (unpaired) electrons. The summed E-state index contributed by atoms with van der Waals surface area (Å²) >= 11 is 0. The van der Waals surface area contributed by atoms with Crippen LogP contribution in [-0.4, -0.2) is 26.1 Å². The molecule has 0 saturated carbocycles. The summed E-state index contributed by atoms with van der Waals surface area (Å²) < 4.78 is 11.4. The first-order chi connectivity index (χ1) is 9.70. The zero-order valence-electron chi connectivity index (χ0n) is 12.3. The SMILES string of the molecule is COc1c(CN(C)C)cccc1OCc1ccccc1. The van der Waals surface area contributed by atoms with Crippen molar-refractivity contribution >= 4 is 0 Å². The predicted molar refractivity (Wildman–Crippen MR) is 81.2 cm³/mol. The maximum atomic E-state index is 5.89. The van der Waals surface area contributed by atoms with E-state index in [2.05, 4.69) is 23.1 Å². The summed E-state index contributed by atoms with van der Waals surface area (Å²) in [5, 5.41) is 0. The van der Waals surface area contributed by atoms with Crippen molar-refractivity contribution in [3.63, 3.8) is 0 Å². The highest BCUT2D eigenvalue weighted by Crippen LogP contribution is 2.32. The monoisotopic (exact) mass is 271 g/mol. The van der Waals surface area contributed by atoms with E-state index >= 15 is 0 Å². The van der Waals surface area contributed by atoms with E-state index in [4.69, 9.17) is 9.47 Å². The molecule has 0 unspecified atom stereocenters. The second-order valence-electron chi connectivity index (χ2n) is 4.96. The van der Waals surface area contributed by atoms with Crippen molar-refractivity contribution < 1.29 is 9.47 Å². The van der Waals surface area contributed by atoms with Gasteiger partial charge in [0.05, 0.1) is 7.11 Å². The van der Waals surface area contributed by atoms with Crippen LogP contribution in [0.2, 0.25) is 0 Å². The first-order valence-electron chi connectivity index (χ1n) is 6.68. The molecule has 0 bridgehead atoms. The van der Waals surface area contributed by atoms with Crippen molar-refractivity contribution in [1.29, 1.82) is 0 Å². The summed E-state index contributed by atoms with van der Waals surface area (Å²) in [6, 6.07) is 16.1. The van der Waals surface area contributed by atoms with Crippen molar-refractivity contribution in [3.8, 4) is 11.5 Å². The lowest BCUT2D eigenvalue weighted by molar-refractivity contribution is 0.280. The van der Waals surface area contributed by atoms with Crippen molar-refractivity contribution in [3.05, 3.63) is 59.7 Å². The van der Waals surface area contributed by atoms with Gasteiger partial charge in [-0.2, -0.15) is 0 Å². The molecule has 0 heterocycles. The summed E-state index contributed by atoms with van der Waals surface area (Å²) in [5.74, 6) is 1.60. The Morgan fingerprint density at radius 2 is 1.70 bits per heavy atom. The van der Waals surface area contributed by atoms with Crippen LogP contribution in [0.1, 0.15) is 11.1 Å². The first-order valence-corrected chi connectivity index (χ1v) is 6.68. The van der Waals surface area contributed by atoms with Crippen LogP contribution in [0.3, 0.4) is 0 Å². The van der Waals surface area contributed by atoms with Gasteiger partial charge in [0.1, 0.15) is 6.61 Å². The molecular formula is C17H21NO2. The fourth-order valence-corrected chi connectivity index (χ4v) is 2.11. The smallest absolute Gasteiger partial charge is 0.165 e. The summed E-state index contributed by atoms with van der Waals surface area (Å²) in [6.45, 7) is 1.37. The van der Waals surface area contributed by atoms with Gasteiger partial charge < -0.3 is 14.4 Å². The maximum absolute atomic E-state index is 5.89. The number of hydrogen-bond donors (Lipinski definition) is 0. The zero-order valence-corrected chi connectivity index (χ0v) is 12.3. The molecular weight excluding hydrogens is 250 g/mol. The number of nitrogens with zero attached hydrogens (tertiary/aromatic N) is 1. The molecule has 0 spiro atoms. The standard InChI is InChI=1S/C17H21NO2/c1-18(2)12-15-10-7-11-16(17(15)19-3)20-13-14-8-5-4-6-9-14/h4-11H,12-13H2,1-3H3. The lowest BCUT2D eigenvalue weighted by atomic mass is 10.1. The molecule has 0 aliphatic rings. The number of ether oxygens (including phenoxy) is 2. The van der Waals surface area contributed by atoms with Gasteiger partial charge in [0, 0.05) is 12.1 Å². The number of rotatable bonds is 6. The van der Waals surface area contributed by atoms with E-state index in [9.17, 15) is 0 Å². The Bertz CT molecular complexity index is 538. The van der Waals surface area contributed by atoms with Crippen LogP contribution in [0.4, 0.5) is 0 Å². The van der Waals surface area contributed by atoms with E-state index in [1.807, 2.05) is 44.4 Å². The molecule has 3 nitrogen and oxygen atoms in total. The molecule has 0 aromatic heterocycles. The summed E-state index contributed by atoms with van der Waals surface area (Å²) in [4.78, 5) is 2.11. The highest BCUT2D eigenvalue weighted by atomic mass is 16.5. The number of benzene rings is 2. The van der Waals surface area contributed by atoms with Crippen LogP contribution in [0.15, 0.2) is 48.5 Å². The van der Waals surface area contributed by atoms with Crippen LogP contribution in [-0.2, 0) is 13.2 Å². The molecule has 0 amide bonds. The maximum Gasteiger partial charge on any atom is 0.165 e. The van der Waals surface area contributed by atoms with Crippen molar-refractivity contribution in [2.75, 3.05) is 21.2 Å². The van der Waals surface area contributed by atoms with Gasteiger partial charge in [-0.1, -0.05) is 42.5 Å². The van der Waals surface area contributed by atoms with Gasteiger partial charge in [-0.25, -0.2) is 0 Å². The molecule has 0 fully saturated rings. The van der Waals surface area contributed by atoms with E-state index in [-0.39, 0.29) is 0 Å². The van der Waals surface area contributed by atoms with Gasteiger partial charge in [0.2, 0.25) is 0 Å². The Kier molecular flexibility index (Phi) is 5.02. The molecule has 2 rings (SSSR count). The third-order valence-corrected chi connectivity index (χ3v) is 2.99. The molecule has 0 aliphatic heterocycles. The van der Waals surface area contributed by atoms with Crippen LogP contribution in [0.25, 0.3) is 0 Å². The van der Waals surface area contributed by atoms with Crippen molar-refractivity contribution in [1.82, 2.24) is 4.90 Å². The summed E-state index contributed by atoms with van der Waals surface area (Å²) in [5.41, 5.74) is 2.27. The van der Waals surface area contributed by atoms with Gasteiger partial charge >= 0.3 is 0 Å². The molecule has 3 heteroatoms. The first kappa shape index (κ1) is 14.4. The largest absolute Gasteiger partial charge is 0.493 e. The molecule has 0 saturated heterocycles. The van der Waals surface area contributed by atoms with E-state index in [0.717, 1.165) is 29.2 Å². The van der Waals surface area contributed by atoms with Crippen LogP contribution in [0, 0.1) is 0 Å². The van der Waals surface area contributed by atoms with Crippen LogP contribution >= 0.6 is 0 Å². The zero-order chi connectivity index (χ0) is 14.4. The minimum Gasteiger partial charge on any atom is -0.493 e. The highest BCUT2D eigenvalue weighted by molar-refractivity contribution is 5.46. The Labute approximate surface area is 120 Å².